The van der Waals surface area contributed by atoms with Gasteiger partial charge in [0.05, 0.1) is 0 Å². The highest BCUT2D eigenvalue weighted by Gasteiger charge is 1.80. The first-order valence-corrected chi connectivity index (χ1v) is 3.78. The van der Waals surface area contributed by atoms with Gasteiger partial charge in [0.15, 0.2) is 0 Å². The van der Waals surface area contributed by atoms with E-state index in [0.29, 0.717) is 0 Å². The van der Waals surface area contributed by atoms with Crippen LogP contribution in [0.25, 0.3) is 0 Å². The summed E-state index contributed by atoms with van der Waals surface area (Å²) in [7, 11) is 5.66. The van der Waals surface area contributed by atoms with Gasteiger partial charge in [-0.05, 0) is 27.7 Å². The Morgan fingerprint density at radius 3 is 1.82 bits per heavy atom. The van der Waals surface area contributed by atoms with Crippen molar-refractivity contribution in [3.05, 3.63) is 34.8 Å². The van der Waals surface area contributed by atoms with Crippen molar-refractivity contribution in [2.75, 3.05) is 0 Å². The molecule has 0 aliphatic heterocycles. The monoisotopic (exact) mass is 146 g/mol. The molecule has 58 valence electrons. The SMILES string of the molecule is [B]/C(C=C(C)C)=C/C=C(C)C. The van der Waals surface area contributed by atoms with E-state index in [1.807, 2.05) is 45.9 Å². The molecule has 0 saturated carbocycles. The molecule has 0 aliphatic carbocycles. The van der Waals surface area contributed by atoms with E-state index in [1.165, 1.54) is 11.1 Å². The largest absolute Gasteiger partial charge is 0.113 e. The molecular formula is C10H15B. The molecular weight excluding hydrogens is 131 g/mol. The second-order valence-corrected chi connectivity index (χ2v) is 3.13. The minimum atomic E-state index is 0.811. The van der Waals surface area contributed by atoms with Crippen LogP contribution in [0.5, 0.6) is 0 Å². The summed E-state index contributed by atoms with van der Waals surface area (Å²) in [5.74, 6) is 0. The standard InChI is InChI=1S/C10H15B/c1-8(2)5-6-10(11)7-9(3)4/h5-7H,1-4H3/b10-6+. The van der Waals surface area contributed by atoms with Crippen molar-refractivity contribution in [2.24, 2.45) is 0 Å². The lowest BCUT2D eigenvalue weighted by Gasteiger charge is -1.92. The van der Waals surface area contributed by atoms with Crippen molar-refractivity contribution in [1.29, 1.82) is 0 Å². The second kappa shape index (κ2) is 5.00. The van der Waals surface area contributed by atoms with E-state index in [1.54, 1.807) is 0 Å². The Hall–Kier alpha value is -0.715. The van der Waals surface area contributed by atoms with Gasteiger partial charge >= 0.3 is 0 Å². The third-order valence-corrected chi connectivity index (χ3v) is 1.06. The predicted octanol–water partition coefficient (Wildman–Crippen LogP) is 2.97. The molecule has 2 radical (unpaired) electrons. The Balaban J connectivity index is 4.25. The highest BCUT2D eigenvalue weighted by molar-refractivity contribution is 6.23. The van der Waals surface area contributed by atoms with Crippen molar-refractivity contribution in [3.8, 4) is 0 Å². The lowest BCUT2D eigenvalue weighted by molar-refractivity contribution is 1.38. The molecule has 0 heterocycles. The zero-order valence-electron chi connectivity index (χ0n) is 7.81. The topological polar surface area (TPSA) is 0 Å². The number of allylic oxidation sites excluding steroid dienone is 6. The van der Waals surface area contributed by atoms with Crippen molar-refractivity contribution >= 4 is 7.85 Å². The van der Waals surface area contributed by atoms with Crippen LogP contribution in [0.15, 0.2) is 34.8 Å². The van der Waals surface area contributed by atoms with Gasteiger partial charge in [0.1, 0.15) is 7.85 Å². The lowest BCUT2D eigenvalue weighted by atomic mass is 9.93. The maximum atomic E-state index is 5.66. The molecule has 0 N–H and O–H groups in total. The summed E-state index contributed by atoms with van der Waals surface area (Å²) in [4.78, 5) is 0. The molecule has 1 heteroatoms. The van der Waals surface area contributed by atoms with Gasteiger partial charge in [-0.1, -0.05) is 34.8 Å². The Kier molecular flexibility index (Phi) is 4.68. The van der Waals surface area contributed by atoms with Crippen LogP contribution < -0.4 is 0 Å². The average Bonchev–Trinajstić information content (AvgIpc) is 1.82. The Morgan fingerprint density at radius 1 is 0.909 bits per heavy atom. The maximum Gasteiger partial charge on any atom is 0.113 e. The molecule has 0 aromatic heterocycles. The average molecular weight is 146 g/mol. The molecule has 0 amide bonds. The predicted molar refractivity (Wildman–Crippen MR) is 52.7 cm³/mol. The first kappa shape index (κ1) is 10.3. The zero-order chi connectivity index (χ0) is 8.85. The quantitative estimate of drug-likeness (QED) is 0.415. The highest BCUT2D eigenvalue weighted by atomic mass is 13.8. The summed E-state index contributed by atoms with van der Waals surface area (Å²) >= 11 is 0. The van der Waals surface area contributed by atoms with Crippen LogP contribution in [-0.4, -0.2) is 7.85 Å². The van der Waals surface area contributed by atoms with Gasteiger partial charge < -0.3 is 0 Å². The molecule has 0 aromatic rings. The molecule has 0 unspecified atom stereocenters. The Labute approximate surface area is 71.1 Å². The van der Waals surface area contributed by atoms with E-state index >= 15 is 0 Å². The van der Waals surface area contributed by atoms with Gasteiger partial charge in [0.25, 0.3) is 0 Å². The summed E-state index contributed by atoms with van der Waals surface area (Å²) in [5.41, 5.74) is 3.29. The fourth-order valence-electron chi connectivity index (χ4n) is 0.644. The number of hydrogen-bond acceptors (Lipinski definition) is 0. The van der Waals surface area contributed by atoms with E-state index in [4.69, 9.17) is 7.85 Å². The fourth-order valence-corrected chi connectivity index (χ4v) is 0.644. The third-order valence-electron chi connectivity index (χ3n) is 1.06. The van der Waals surface area contributed by atoms with Crippen LogP contribution in [0.1, 0.15) is 27.7 Å². The Bertz CT molecular complexity index is 199. The maximum absolute atomic E-state index is 5.66. The van der Waals surface area contributed by atoms with E-state index in [-0.39, 0.29) is 0 Å². The fraction of sp³-hybridized carbons (Fsp3) is 0.400. The molecule has 0 spiro atoms. The first-order valence-electron chi connectivity index (χ1n) is 3.78. The van der Waals surface area contributed by atoms with E-state index in [2.05, 4.69) is 0 Å². The van der Waals surface area contributed by atoms with Crippen LogP contribution in [0, 0.1) is 0 Å². The molecule has 0 bridgehead atoms. The van der Waals surface area contributed by atoms with Crippen LogP contribution >= 0.6 is 0 Å². The summed E-state index contributed by atoms with van der Waals surface area (Å²) in [6.45, 7) is 8.16. The van der Waals surface area contributed by atoms with E-state index in [9.17, 15) is 0 Å². The number of hydrogen-bond donors (Lipinski definition) is 0. The van der Waals surface area contributed by atoms with Gasteiger partial charge in [-0.15, -0.1) is 0 Å². The van der Waals surface area contributed by atoms with Crippen molar-refractivity contribution in [1.82, 2.24) is 0 Å². The summed E-state index contributed by atoms with van der Waals surface area (Å²) < 4.78 is 0. The highest BCUT2D eigenvalue weighted by Crippen LogP contribution is 1.99. The molecule has 0 nitrogen and oxygen atoms in total. The second-order valence-electron chi connectivity index (χ2n) is 3.13. The minimum Gasteiger partial charge on any atom is -0.0967 e. The van der Waals surface area contributed by atoms with Gasteiger partial charge in [-0.25, -0.2) is 0 Å². The van der Waals surface area contributed by atoms with Crippen LogP contribution in [0.4, 0.5) is 0 Å². The van der Waals surface area contributed by atoms with Gasteiger partial charge in [0.2, 0.25) is 0 Å². The molecule has 0 atom stereocenters. The molecule has 0 saturated heterocycles. The molecule has 0 aromatic carbocycles. The van der Waals surface area contributed by atoms with Crippen molar-refractivity contribution in [3.63, 3.8) is 0 Å². The van der Waals surface area contributed by atoms with Crippen molar-refractivity contribution in [2.45, 2.75) is 27.7 Å². The summed E-state index contributed by atoms with van der Waals surface area (Å²) in [6.07, 6.45) is 5.89. The molecule has 0 fully saturated rings. The minimum absolute atomic E-state index is 0.811. The van der Waals surface area contributed by atoms with Crippen LogP contribution in [0.3, 0.4) is 0 Å². The van der Waals surface area contributed by atoms with E-state index < -0.39 is 0 Å². The number of rotatable bonds is 2. The third kappa shape index (κ3) is 7.18. The van der Waals surface area contributed by atoms with Crippen LogP contribution in [0.2, 0.25) is 0 Å². The lowest BCUT2D eigenvalue weighted by Crippen LogP contribution is -1.75. The van der Waals surface area contributed by atoms with Gasteiger partial charge in [-0.2, -0.15) is 0 Å². The Morgan fingerprint density at radius 2 is 1.45 bits per heavy atom. The molecule has 0 rings (SSSR count). The molecule has 0 aliphatic rings. The summed E-state index contributed by atoms with van der Waals surface area (Å²) in [6, 6.07) is 0. The zero-order valence-corrected chi connectivity index (χ0v) is 7.81. The van der Waals surface area contributed by atoms with Gasteiger partial charge in [-0.3, -0.25) is 0 Å². The van der Waals surface area contributed by atoms with Crippen molar-refractivity contribution < 1.29 is 0 Å². The van der Waals surface area contributed by atoms with Gasteiger partial charge in [0, 0.05) is 0 Å². The molecule has 11 heavy (non-hydrogen) atoms. The first-order chi connectivity index (χ1) is 5.02. The normalized spacial score (nSPS) is 10.7. The smallest absolute Gasteiger partial charge is 0.0967 e. The summed E-state index contributed by atoms with van der Waals surface area (Å²) in [5, 5.41) is 0. The van der Waals surface area contributed by atoms with Crippen LogP contribution in [-0.2, 0) is 0 Å². The van der Waals surface area contributed by atoms with E-state index in [0.717, 1.165) is 5.47 Å².